The van der Waals surface area contributed by atoms with E-state index in [1.54, 1.807) is 7.11 Å². The number of amides is 1. The van der Waals surface area contributed by atoms with E-state index in [0.29, 0.717) is 5.92 Å². The molecule has 7 nitrogen and oxygen atoms in total. The fourth-order valence-electron chi connectivity index (χ4n) is 7.30. The predicted molar refractivity (Wildman–Crippen MR) is 157 cm³/mol. The van der Waals surface area contributed by atoms with Crippen molar-refractivity contribution in [2.75, 3.05) is 39.8 Å². The minimum Gasteiger partial charge on any atom is -0.496 e. The summed E-state index contributed by atoms with van der Waals surface area (Å²) in [6.07, 6.45) is 6.17. The average Bonchev–Trinajstić information content (AvgIpc) is 3.43. The number of carbonyl (C=O) groups excluding carboxylic acids is 1. The molecule has 1 saturated carbocycles. The van der Waals surface area contributed by atoms with Crippen LogP contribution in [0, 0.1) is 35.5 Å². The number of nitrogens with zero attached hydrogens (tertiary/aromatic N) is 3. The molecule has 3 fully saturated rings. The highest BCUT2D eigenvalue weighted by Crippen LogP contribution is 2.56. The third kappa shape index (κ3) is 4.88. The molecule has 2 N–H and O–H groups in total. The van der Waals surface area contributed by atoms with Crippen molar-refractivity contribution < 1.29 is 9.53 Å². The summed E-state index contributed by atoms with van der Waals surface area (Å²) < 4.78 is 5.88. The van der Waals surface area contributed by atoms with Gasteiger partial charge in [-0.05, 0) is 86.9 Å². The molecule has 3 aromatic rings. The second-order valence-corrected chi connectivity index (χ2v) is 12.3. The summed E-state index contributed by atoms with van der Waals surface area (Å²) in [5.41, 5.74) is 5.81. The van der Waals surface area contributed by atoms with Crippen molar-refractivity contribution in [2.24, 2.45) is 17.3 Å². The highest BCUT2D eigenvalue weighted by molar-refractivity contribution is 5.94. The normalized spacial score (nSPS) is 24.9. The minimum atomic E-state index is 0.119. The van der Waals surface area contributed by atoms with Crippen LogP contribution in [0.15, 0.2) is 42.6 Å². The number of carbonyl (C=O) groups is 1. The quantitative estimate of drug-likeness (QED) is 0.399. The SMILES string of the molecule is CCN(CC1CNC1)C(=O)c1ccc([C@@H]2CC3(CCN2Cc2c(OC)cc(C)c4[nH]ccc24)CC(C#N)C3)cc1. The lowest BCUT2D eigenvalue weighted by Crippen LogP contribution is -2.49. The summed E-state index contributed by atoms with van der Waals surface area (Å²) in [5.74, 6) is 1.79. The van der Waals surface area contributed by atoms with Crippen molar-refractivity contribution in [1.82, 2.24) is 20.1 Å². The van der Waals surface area contributed by atoms with E-state index in [2.05, 4.69) is 59.4 Å². The maximum absolute atomic E-state index is 13.3. The Bertz CT molecular complexity index is 1410. The van der Waals surface area contributed by atoms with Crippen molar-refractivity contribution in [1.29, 1.82) is 5.26 Å². The molecule has 1 atom stereocenters. The van der Waals surface area contributed by atoms with Crippen molar-refractivity contribution in [3.8, 4) is 11.8 Å². The van der Waals surface area contributed by atoms with Gasteiger partial charge in [-0.2, -0.15) is 5.26 Å². The molecule has 3 aliphatic rings. The number of aromatic amines is 1. The van der Waals surface area contributed by atoms with E-state index in [1.165, 1.54) is 22.1 Å². The monoisotopic (exact) mass is 539 g/mol. The Hall–Kier alpha value is -3.34. The zero-order valence-electron chi connectivity index (χ0n) is 24.0. The third-order valence-corrected chi connectivity index (χ3v) is 9.79. The van der Waals surface area contributed by atoms with Crippen LogP contribution in [-0.4, -0.2) is 60.5 Å². The summed E-state index contributed by atoms with van der Waals surface area (Å²) in [6, 6.07) is 15.4. The molecular formula is C33H41N5O2. The summed E-state index contributed by atoms with van der Waals surface area (Å²) in [5, 5.41) is 14.0. The first-order valence-corrected chi connectivity index (χ1v) is 14.8. The standard InChI is InChI=1S/C33H41N5O2/c1-4-37(20-24-18-35-19-24)32(39)26-7-5-25(6-8-26)29-16-33(14-23(15-33)17-34)10-12-38(29)21-28-27-9-11-36-31(27)22(2)13-30(28)40-3/h5-9,11,13,23-24,29,35-36H,4,10,12,14-16,18-21H2,1-3H3/t23?,29-,33?/m0/s1. The molecule has 2 aliphatic heterocycles. The highest BCUT2D eigenvalue weighted by atomic mass is 16.5. The lowest BCUT2D eigenvalue weighted by Gasteiger charge is -2.53. The van der Waals surface area contributed by atoms with Gasteiger partial charge >= 0.3 is 0 Å². The lowest BCUT2D eigenvalue weighted by atomic mass is 9.56. The van der Waals surface area contributed by atoms with E-state index in [0.717, 1.165) is 81.8 Å². The van der Waals surface area contributed by atoms with Gasteiger partial charge in [0.25, 0.3) is 5.91 Å². The third-order valence-electron chi connectivity index (χ3n) is 9.79. The first-order chi connectivity index (χ1) is 19.4. The van der Waals surface area contributed by atoms with E-state index in [-0.39, 0.29) is 23.3 Å². The van der Waals surface area contributed by atoms with E-state index in [4.69, 9.17) is 4.74 Å². The van der Waals surface area contributed by atoms with Crippen molar-refractivity contribution >= 4 is 16.8 Å². The number of benzene rings is 2. The summed E-state index contributed by atoms with van der Waals surface area (Å²) in [4.78, 5) is 21.3. The number of hydrogen-bond donors (Lipinski definition) is 2. The van der Waals surface area contributed by atoms with Crippen LogP contribution < -0.4 is 10.1 Å². The number of rotatable bonds is 8. The van der Waals surface area contributed by atoms with Crippen LogP contribution in [0.1, 0.15) is 65.7 Å². The van der Waals surface area contributed by atoms with Gasteiger partial charge in [0.15, 0.2) is 0 Å². The fourth-order valence-corrected chi connectivity index (χ4v) is 7.30. The Morgan fingerprint density at radius 1 is 1.20 bits per heavy atom. The van der Waals surface area contributed by atoms with Crippen LogP contribution >= 0.6 is 0 Å². The van der Waals surface area contributed by atoms with E-state index >= 15 is 0 Å². The largest absolute Gasteiger partial charge is 0.496 e. The van der Waals surface area contributed by atoms with Gasteiger partial charge in [0.2, 0.25) is 0 Å². The van der Waals surface area contributed by atoms with Gasteiger partial charge in [-0.25, -0.2) is 0 Å². The summed E-state index contributed by atoms with van der Waals surface area (Å²) in [6.45, 7) is 9.48. The summed E-state index contributed by atoms with van der Waals surface area (Å²) >= 11 is 0. The highest BCUT2D eigenvalue weighted by Gasteiger charge is 2.49. The van der Waals surface area contributed by atoms with E-state index in [1.807, 2.05) is 23.2 Å². The molecule has 2 aromatic carbocycles. The smallest absolute Gasteiger partial charge is 0.253 e. The second-order valence-electron chi connectivity index (χ2n) is 12.3. The number of H-pyrrole nitrogens is 1. The molecule has 1 aromatic heterocycles. The molecule has 1 aliphatic carbocycles. The number of fused-ring (bicyclic) bond motifs is 1. The van der Waals surface area contributed by atoms with Crippen LogP contribution in [-0.2, 0) is 6.54 Å². The Morgan fingerprint density at radius 2 is 1.98 bits per heavy atom. The van der Waals surface area contributed by atoms with Gasteiger partial charge in [-0.3, -0.25) is 9.69 Å². The van der Waals surface area contributed by atoms with Gasteiger partial charge in [0, 0.05) is 78.8 Å². The molecule has 1 amide bonds. The molecule has 40 heavy (non-hydrogen) atoms. The Morgan fingerprint density at radius 3 is 2.62 bits per heavy atom. The van der Waals surface area contributed by atoms with Gasteiger partial charge in [0.1, 0.15) is 5.75 Å². The van der Waals surface area contributed by atoms with Crippen LogP contribution in [0.25, 0.3) is 10.9 Å². The lowest BCUT2D eigenvalue weighted by molar-refractivity contribution is -0.0298. The molecule has 0 unspecified atom stereocenters. The minimum absolute atomic E-state index is 0.119. The van der Waals surface area contributed by atoms with Crippen LogP contribution in [0.2, 0.25) is 0 Å². The van der Waals surface area contributed by atoms with E-state index < -0.39 is 0 Å². The van der Waals surface area contributed by atoms with Crippen LogP contribution in [0.3, 0.4) is 0 Å². The molecule has 0 radical (unpaired) electrons. The van der Waals surface area contributed by atoms with Crippen molar-refractivity contribution in [3.63, 3.8) is 0 Å². The first-order valence-electron chi connectivity index (χ1n) is 14.8. The molecule has 7 heteroatoms. The number of nitriles is 1. The topological polar surface area (TPSA) is 84.4 Å². The Kier molecular flexibility index (Phi) is 7.33. The van der Waals surface area contributed by atoms with Gasteiger partial charge < -0.3 is 19.9 Å². The fraction of sp³-hybridized carbons (Fsp3) is 0.515. The molecule has 6 rings (SSSR count). The predicted octanol–water partition coefficient (Wildman–Crippen LogP) is 5.42. The molecule has 3 heterocycles. The van der Waals surface area contributed by atoms with Gasteiger partial charge in [0.05, 0.1) is 13.2 Å². The maximum Gasteiger partial charge on any atom is 0.253 e. The number of hydrogen-bond acceptors (Lipinski definition) is 5. The number of ether oxygens (including phenoxy) is 1. The van der Waals surface area contributed by atoms with E-state index in [9.17, 15) is 10.1 Å². The second kappa shape index (κ2) is 10.9. The summed E-state index contributed by atoms with van der Waals surface area (Å²) in [7, 11) is 1.76. The Balaban J connectivity index is 1.28. The van der Waals surface area contributed by atoms with Gasteiger partial charge in [-0.15, -0.1) is 0 Å². The number of methoxy groups -OCH3 is 1. The molecular weight excluding hydrogens is 498 g/mol. The maximum atomic E-state index is 13.3. The van der Waals surface area contributed by atoms with Crippen LogP contribution in [0.4, 0.5) is 0 Å². The number of nitrogens with one attached hydrogen (secondary N) is 2. The van der Waals surface area contributed by atoms with Gasteiger partial charge in [-0.1, -0.05) is 12.1 Å². The van der Waals surface area contributed by atoms with Crippen LogP contribution in [0.5, 0.6) is 5.75 Å². The average molecular weight is 540 g/mol. The first kappa shape index (κ1) is 26.9. The molecule has 2 saturated heterocycles. The number of likely N-dealkylation sites (tertiary alicyclic amines) is 1. The number of aryl methyl sites for hydroxylation is 1. The number of piperidine rings is 1. The molecule has 210 valence electrons. The molecule has 1 spiro atoms. The molecule has 0 bridgehead atoms. The zero-order chi connectivity index (χ0) is 27.9. The van der Waals surface area contributed by atoms with Crippen molar-refractivity contribution in [3.05, 3.63) is 64.8 Å². The number of aromatic nitrogens is 1. The zero-order valence-corrected chi connectivity index (χ0v) is 24.0. The van der Waals surface area contributed by atoms with Crippen molar-refractivity contribution in [2.45, 2.75) is 52.1 Å². The Labute approximate surface area is 237 Å².